The van der Waals surface area contributed by atoms with Gasteiger partial charge in [-0.05, 0) is 79.2 Å². The predicted molar refractivity (Wildman–Crippen MR) is 160 cm³/mol. The Morgan fingerprint density at radius 1 is 0.750 bits per heavy atom. The molecule has 13 heteroatoms. The van der Waals surface area contributed by atoms with E-state index < -0.39 is 32.5 Å². The van der Waals surface area contributed by atoms with E-state index in [0.717, 1.165) is 4.31 Å². The number of nitrogens with zero attached hydrogens (tertiary/aromatic N) is 1. The summed E-state index contributed by atoms with van der Waals surface area (Å²) in [5.41, 5.74) is 1.31. The average Bonchev–Trinajstić information content (AvgIpc) is 2.92. The molecule has 0 aliphatic carbocycles. The largest absolute Gasteiger partial charge is 0.325 e. The maximum absolute atomic E-state index is 13.5. The first-order valence-corrected chi connectivity index (χ1v) is 15.6. The Morgan fingerprint density at radius 3 is 2.08 bits per heavy atom. The van der Waals surface area contributed by atoms with Crippen LogP contribution in [0, 0.1) is 6.92 Å². The molecule has 4 aromatic rings. The lowest BCUT2D eigenvalue weighted by Gasteiger charge is -2.24. The number of sulfonamides is 2. The number of amides is 1. The molecule has 8 nitrogen and oxygen atoms in total. The van der Waals surface area contributed by atoms with E-state index in [1.807, 2.05) is 0 Å². The topological polar surface area (TPSA) is 113 Å². The molecule has 2 N–H and O–H groups in total. The van der Waals surface area contributed by atoms with E-state index in [1.165, 1.54) is 54.6 Å². The first kappa shape index (κ1) is 29.7. The van der Waals surface area contributed by atoms with Gasteiger partial charge in [-0.3, -0.25) is 13.8 Å². The van der Waals surface area contributed by atoms with Crippen molar-refractivity contribution in [2.24, 2.45) is 0 Å². The predicted octanol–water partition coefficient (Wildman–Crippen LogP) is 6.59. The molecule has 0 heterocycles. The number of anilines is 3. The minimum absolute atomic E-state index is 0.0223. The van der Waals surface area contributed by atoms with Crippen molar-refractivity contribution in [3.8, 4) is 0 Å². The van der Waals surface area contributed by atoms with Crippen molar-refractivity contribution in [3.63, 3.8) is 0 Å². The van der Waals surface area contributed by atoms with Gasteiger partial charge in [0.05, 0.1) is 31.2 Å². The van der Waals surface area contributed by atoms with Gasteiger partial charge in [0.25, 0.3) is 20.0 Å². The number of carbonyl (C=O) groups excluding carboxylic acids is 1. The fraction of sp³-hybridized carbons (Fsp3) is 0.0741. The van der Waals surface area contributed by atoms with Gasteiger partial charge in [-0.25, -0.2) is 16.8 Å². The third-order valence-corrected chi connectivity index (χ3v) is 10.1. The Morgan fingerprint density at radius 2 is 1.43 bits per heavy atom. The standard InChI is InChI=1S/C27H22Cl3N3O5S2/c1-18-23(28)8-5-9-26(18)32-39(35,36)21-13-10-19(11-14-21)31-27(34)17-33(20-12-15-24(29)25(30)16-20)40(37,38)22-6-3-2-4-7-22/h2-16,32H,17H2,1H3,(H,31,34). The normalized spacial score (nSPS) is 11.6. The SMILES string of the molecule is Cc1c(Cl)cccc1NS(=O)(=O)c1ccc(NC(=O)CN(c2ccc(Cl)c(Cl)c2)S(=O)(=O)c2ccccc2)cc1. The number of carbonyl (C=O) groups is 1. The van der Waals surface area contributed by atoms with Crippen molar-refractivity contribution >= 4 is 77.8 Å². The van der Waals surface area contributed by atoms with Crippen LogP contribution in [0.15, 0.2) is 101 Å². The minimum atomic E-state index is -4.16. The molecule has 40 heavy (non-hydrogen) atoms. The molecule has 1 amide bonds. The van der Waals surface area contributed by atoms with Crippen LogP contribution in [0.25, 0.3) is 0 Å². The van der Waals surface area contributed by atoms with Crippen LogP contribution in [-0.4, -0.2) is 29.3 Å². The van der Waals surface area contributed by atoms with Gasteiger partial charge >= 0.3 is 0 Å². The molecule has 0 unspecified atom stereocenters. The highest BCUT2D eigenvalue weighted by Gasteiger charge is 2.28. The summed E-state index contributed by atoms with van der Waals surface area (Å²) in [4.78, 5) is 12.9. The van der Waals surface area contributed by atoms with Crippen LogP contribution >= 0.6 is 34.8 Å². The third-order valence-electron chi connectivity index (χ3n) is 5.77. The molecule has 0 saturated carbocycles. The summed E-state index contributed by atoms with van der Waals surface area (Å²) < 4.78 is 56.0. The Balaban J connectivity index is 1.54. The fourth-order valence-electron chi connectivity index (χ4n) is 3.65. The van der Waals surface area contributed by atoms with Crippen LogP contribution in [0.1, 0.15) is 5.56 Å². The summed E-state index contributed by atoms with van der Waals surface area (Å²) in [6.45, 7) is 1.10. The van der Waals surface area contributed by atoms with E-state index in [0.29, 0.717) is 16.3 Å². The van der Waals surface area contributed by atoms with Crippen molar-refractivity contribution in [3.05, 3.63) is 112 Å². The summed E-state index contributed by atoms with van der Waals surface area (Å²) in [6, 6.07) is 22.2. The molecule has 208 valence electrons. The quantitative estimate of drug-likeness (QED) is 0.215. The van der Waals surface area contributed by atoms with E-state index in [2.05, 4.69) is 10.0 Å². The molecule has 0 atom stereocenters. The summed E-state index contributed by atoms with van der Waals surface area (Å²) in [5, 5.41) is 3.36. The van der Waals surface area contributed by atoms with E-state index in [-0.39, 0.29) is 31.2 Å². The van der Waals surface area contributed by atoms with Crippen molar-refractivity contribution in [2.75, 3.05) is 20.9 Å². The van der Waals surface area contributed by atoms with Crippen LogP contribution in [0.2, 0.25) is 15.1 Å². The molecule has 0 fully saturated rings. The molecule has 0 spiro atoms. The second-order valence-corrected chi connectivity index (χ2v) is 13.3. The molecular formula is C27H22Cl3N3O5S2. The molecule has 0 aliphatic rings. The van der Waals surface area contributed by atoms with Gasteiger partial charge in [-0.1, -0.05) is 59.1 Å². The molecule has 0 saturated heterocycles. The number of rotatable bonds is 9. The lowest BCUT2D eigenvalue weighted by Crippen LogP contribution is -2.38. The van der Waals surface area contributed by atoms with Gasteiger partial charge in [0.2, 0.25) is 5.91 Å². The summed E-state index contributed by atoms with van der Waals surface area (Å²) >= 11 is 18.2. The zero-order valence-electron chi connectivity index (χ0n) is 20.8. The van der Waals surface area contributed by atoms with Crippen LogP contribution in [0.4, 0.5) is 17.1 Å². The highest BCUT2D eigenvalue weighted by Crippen LogP contribution is 2.31. The Kier molecular flexibility index (Phi) is 8.96. The Labute approximate surface area is 247 Å². The van der Waals surface area contributed by atoms with Gasteiger partial charge < -0.3 is 5.32 Å². The van der Waals surface area contributed by atoms with Gasteiger partial charge in [0.15, 0.2) is 0 Å². The number of hydrogen-bond donors (Lipinski definition) is 2. The molecule has 4 aromatic carbocycles. The van der Waals surface area contributed by atoms with E-state index in [9.17, 15) is 21.6 Å². The van der Waals surface area contributed by atoms with Crippen molar-refractivity contribution in [1.82, 2.24) is 0 Å². The van der Waals surface area contributed by atoms with Crippen molar-refractivity contribution in [1.29, 1.82) is 0 Å². The molecule has 0 aliphatic heterocycles. The van der Waals surface area contributed by atoms with E-state index in [1.54, 1.807) is 43.3 Å². The maximum Gasteiger partial charge on any atom is 0.264 e. The first-order chi connectivity index (χ1) is 18.9. The lowest BCUT2D eigenvalue weighted by atomic mass is 10.2. The van der Waals surface area contributed by atoms with E-state index >= 15 is 0 Å². The number of halogens is 3. The molecule has 0 bridgehead atoms. The minimum Gasteiger partial charge on any atom is -0.325 e. The number of hydrogen-bond acceptors (Lipinski definition) is 5. The third kappa shape index (κ3) is 6.71. The highest BCUT2D eigenvalue weighted by molar-refractivity contribution is 7.93. The zero-order chi connectivity index (χ0) is 29.1. The molecule has 4 rings (SSSR count). The Bertz CT molecular complexity index is 1770. The summed E-state index contributed by atoms with van der Waals surface area (Å²) in [6.07, 6.45) is 0. The monoisotopic (exact) mass is 637 g/mol. The molecule has 0 radical (unpaired) electrons. The lowest BCUT2D eigenvalue weighted by molar-refractivity contribution is -0.114. The maximum atomic E-state index is 13.5. The average molecular weight is 639 g/mol. The smallest absolute Gasteiger partial charge is 0.264 e. The van der Waals surface area contributed by atoms with Crippen molar-refractivity contribution < 1.29 is 21.6 Å². The van der Waals surface area contributed by atoms with Crippen LogP contribution < -0.4 is 14.3 Å². The summed E-state index contributed by atoms with van der Waals surface area (Å²) in [5.74, 6) is -0.672. The zero-order valence-corrected chi connectivity index (χ0v) is 24.7. The fourth-order valence-corrected chi connectivity index (χ4v) is 6.67. The van der Waals surface area contributed by atoms with Gasteiger partial charge in [-0.15, -0.1) is 0 Å². The van der Waals surface area contributed by atoms with Gasteiger partial charge in [0.1, 0.15) is 6.54 Å². The molecular weight excluding hydrogens is 617 g/mol. The van der Waals surface area contributed by atoms with Crippen LogP contribution in [0.5, 0.6) is 0 Å². The van der Waals surface area contributed by atoms with Gasteiger partial charge in [-0.2, -0.15) is 0 Å². The van der Waals surface area contributed by atoms with Gasteiger partial charge in [0, 0.05) is 10.7 Å². The Hall–Kier alpha value is -3.28. The second kappa shape index (κ2) is 12.1. The molecule has 0 aromatic heterocycles. The van der Waals surface area contributed by atoms with Crippen molar-refractivity contribution in [2.45, 2.75) is 16.7 Å². The van der Waals surface area contributed by atoms with Crippen LogP contribution in [0.3, 0.4) is 0 Å². The second-order valence-electron chi connectivity index (χ2n) is 8.51. The van der Waals surface area contributed by atoms with E-state index in [4.69, 9.17) is 34.8 Å². The first-order valence-electron chi connectivity index (χ1n) is 11.6. The number of benzene rings is 4. The summed E-state index contributed by atoms with van der Waals surface area (Å²) in [7, 11) is -8.10. The highest BCUT2D eigenvalue weighted by atomic mass is 35.5. The number of nitrogens with one attached hydrogen (secondary N) is 2. The van der Waals surface area contributed by atoms with Crippen LogP contribution in [-0.2, 0) is 24.8 Å².